The van der Waals surface area contributed by atoms with Gasteiger partial charge in [-0.05, 0) is 37.6 Å². The Bertz CT molecular complexity index is 1120. The van der Waals surface area contributed by atoms with E-state index in [1.165, 1.54) is 54.3 Å². The number of nitro benzene ring substituents is 1. The lowest BCUT2D eigenvalue weighted by Gasteiger charge is -2.31. The van der Waals surface area contributed by atoms with Crippen LogP contribution in [0.15, 0.2) is 48.5 Å². The van der Waals surface area contributed by atoms with E-state index in [2.05, 4.69) is 5.32 Å². The first-order valence-electron chi connectivity index (χ1n) is 9.97. The standard InChI is InChI=1S/C21H25FN4O6S/c1-4-23-21(28)15(2)24(13-16-8-10-17(22)11-9-16)20(27)14-25(33(3,31)32)18-6-5-7-19(12-18)26(29)30/h5-12,15H,4,13-14H2,1-3H3,(H,23,28)/t15-/m1/s1. The summed E-state index contributed by atoms with van der Waals surface area (Å²) in [5.74, 6) is -1.63. The maximum Gasteiger partial charge on any atom is 0.271 e. The Morgan fingerprint density at radius 3 is 2.36 bits per heavy atom. The minimum absolute atomic E-state index is 0.0626. The molecular formula is C21H25FN4O6S. The van der Waals surface area contributed by atoms with E-state index >= 15 is 0 Å². The van der Waals surface area contributed by atoms with Crippen LogP contribution in [0.4, 0.5) is 15.8 Å². The van der Waals surface area contributed by atoms with Crippen molar-refractivity contribution in [1.82, 2.24) is 10.2 Å². The molecule has 0 heterocycles. The van der Waals surface area contributed by atoms with Gasteiger partial charge in [0, 0.05) is 25.2 Å². The Hall–Kier alpha value is -3.54. The van der Waals surface area contributed by atoms with Gasteiger partial charge in [0.15, 0.2) is 0 Å². The van der Waals surface area contributed by atoms with Crippen LogP contribution in [0, 0.1) is 15.9 Å². The molecule has 0 bridgehead atoms. The molecule has 178 valence electrons. The molecule has 1 N–H and O–H groups in total. The number of rotatable bonds is 10. The van der Waals surface area contributed by atoms with Crippen LogP contribution in [0.25, 0.3) is 0 Å². The number of non-ortho nitro benzene ring substituents is 1. The fourth-order valence-corrected chi connectivity index (χ4v) is 3.91. The minimum Gasteiger partial charge on any atom is -0.355 e. The van der Waals surface area contributed by atoms with Crippen LogP contribution in [0.3, 0.4) is 0 Å². The highest BCUT2D eigenvalue weighted by atomic mass is 32.2. The molecule has 2 rings (SSSR count). The van der Waals surface area contributed by atoms with E-state index in [1.807, 2.05) is 0 Å². The van der Waals surface area contributed by atoms with Gasteiger partial charge in [-0.15, -0.1) is 0 Å². The van der Waals surface area contributed by atoms with Crippen LogP contribution in [0.1, 0.15) is 19.4 Å². The number of halogens is 1. The number of carbonyl (C=O) groups is 2. The Morgan fingerprint density at radius 2 is 1.82 bits per heavy atom. The van der Waals surface area contributed by atoms with Gasteiger partial charge in [-0.2, -0.15) is 0 Å². The van der Waals surface area contributed by atoms with Crippen molar-refractivity contribution in [3.05, 3.63) is 70.0 Å². The van der Waals surface area contributed by atoms with Crippen molar-refractivity contribution in [2.24, 2.45) is 0 Å². The van der Waals surface area contributed by atoms with Crippen LogP contribution in [-0.2, 0) is 26.2 Å². The molecule has 0 unspecified atom stereocenters. The van der Waals surface area contributed by atoms with E-state index in [0.717, 1.165) is 16.6 Å². The van der Waals surface area contributed by atoms with Crippen LogP contribution < -0.4 is 9.62 Å². The summed E-state index contributed by atoms with van der Waals surface area (Å²) >= 11 is 0. The molecule has 0 aromatic heterocycles. The van der Waals surface area contributed by atoms with Gasteiger partial charge in [-0.25, -0.2) is 12.8 Å². The fraction of sp³-hybridized carbons (Fsp3) is 0.333. The molecule has 33 heavy (non-hydrogen) atoms. The summed E-state index contributed by atoms with van der Waals surface area (Å²) < 4.78 is 38.9. The first-order chi connectivity index (χ1) is 15.4. The van der Waals surface area contributed by atoms with E-state index in [-0.39, 0.29) is 17.9 Å². The molecule has 1 atom stereocenters. The van der Waals surface area contributed by atoms with E-state index in [4.69, 9.17) is 0 Å². The van der Waals surface area contributed by atoms with Crippen molar-refractivity contribution in [3.63, 3.8) is 0 Å². The maximum absolute atomic E-state index is 13.3. The van der Waals surface area contributed by atoms with E-state index in [1.54, 1.807) is 6.92 Å². The first kappa shape index (κ1) is 25.7. The zero-order valence-corrected chi connectivity index (χ0v) is 19.2. The monoisotopic (exact) mass is 480 g/mol. The second kappa shape index (κ2) is 10.9. The number of amides is 2. The molecule has 0 aliphatic heterocycles. The van der Waals surface area contributed by atoms with Gasteiger partial charge >= 0.3 is 0 Å². The van der Waals surface area contributed by atoms with Crippen molar-refractivity contribution in [2.75, 3.05) is 23.7 Å². The van der Waals surface area contributed by atoms with Gasteiger partial charge in [-0.1, -0.05) is 18.2 Å². The molecule has 0 fully saturated rings. The van der Waals surface area contributed by atoms with Gasteiger partial charge in [-0.3, -0.25) is 24.0 Å². The van der Waals surface area contributed by atoms with Crippen molar-refractivity contribution in [3.8, 4) is 0 Å². The van der Waals surface area contributed by atoms with Crippen molar-refractivity contribution in [1.29, 1.82) is 0 Å². The lowest BCUT2D eigenvalue weighted by atomic mass is 10.1. The van der Waals surface area contributed by atoms with Crippen LogP contribution in [0.2, 0.25) is 0 Å². The average Bonchev–Trinajstić information content (AvgIpc) is 2.75. The molecule has 0 aliphatic carbocycles. The Kier molecular flexibility index (Phi) is 8.46. The van der Waals surface area contributed by atoms with Gasteiger partial charge in [0.1, 0.15) is 18.4 Å². The van der Waals surface area contributed by atoms with Crippen molar-refractivity contribution < 1.29 is 27.3 Å². The van der Waals surface area contributed by atoms with Crippen LogP contribution in [0.5, 0.6) is 0 Å². The molecule has 2 aromatic rings. The summed E-state index contributed by atoms with van der Waals surface area (Å²) in [4.78, 5) is 37.3. The summed E-state index contributed by atoms with van der Waals surface area (Å²) in [5, 5.41) is 13.7. The summed E-state index contributed by atoms with van der Waals surface area (Å²) in [6, 6.07) is 9.25. The van der Waals surface area contributed by atoms with Crippen LogP contribution in [-0.4, -0.2) is 55.4 Å². The molecule has 0 saturated heterocycles. The predicted molar refractivity (Wildman–Crippen MR) is 120 cm³/mol. The highest BCUT2D eigenvalue weighted by Gasteiger charge is 2.30. The number of sulfonamides is 1. The summed E-state index contributed by atoms with van der Waals surface area (Å²) in [6.07, 6.45) is 0.872. The predicted octanol–water partition coefficient (Wildman–Crippen LogP) is 2.05. The van der Waals surface area contributed by atoms with Crippen LogP contribution >= 0.6 is 0 Å². The zero-order chi connectivity index (χ0) is 24.8. The minimum atomic E-state index is -4.01. The van der Waals surface area contributed by atoms with E-state index < -0.39 is 45.2 Å². The molecule has 0 radical (unpaired) electrons. The third kappa shape index (κ3) is 6.97. The third-order valence-electron chi connectivity index (χ3n) is 4.79. The third-order valence-corrected chi connectivity index (χ3v) is 5.93. The highest BCUT2D eigenvalue weighted by Crippen LogP contribution is 2.23. The highest BCUT2D eigenvalue weighted by molar-refractivity contribution is 7.92. The summed E-state index contributed by atoms with van der Waals surface area (Å²) in [7, 11) is -4.01. The van der Waals surface area contributed by atoms with E-state index in [0.29, 0.717) is 12.1 Å². The van der Waals surface area contributed by atoms with Gasteiger partial charge in [0.2, 0.25) is 21.8 Å². The molecule has 12 heteroatoms. The van der Waals surface area contributed by atoms with Crippen molar-refractivity contribution >= 4 is 33.2 Å². The SMILES string of the molecule is CCNC(=O)[C@@H](C)N(Cc1ccc(F)cc1)C(=O)CN(c1cccc([N+](=O)[O-])c1)S(C)(=O)=O. The van der Waals surface area contributed by atoms with E-state index in [9.17, 15) is 32.5 Å². The zero-order valence-electron chi connectivity index (χ0n) is 18.4. The average molecular weight is 481 g/mol. The normalized spacial score (nSPS) is 12.0. The number of benzene rings is 2. The topological polar surface area (TPSA) is 130 Å². The number of nitrogens with zero attached hydrogens (tertiary/aromatic N) is 3. The second-order valence-electron chi connectivity index (χ2n) is 7.27. The van der Waals surface area contributed by atoms with Gasteiger partial charge in [0.25, 0.3) is 5.69 Å². The number of hydrogen-bond acceptors (Lipinski definition) is 6. The summed E-state index contributed by atoms with van der Waals surface area (Å²) in [5.41, 5.74) is 0.127. The molecule has 2 amide bonds. The molecular weight excluding hydrogens is 455 g/mol. The molecule has 10 nitrogen and oxygen atoms in total. The largest absolute Gasteiger partial charge is 0.355 e. The second-order valence-corrected chi connectivity index (χ2v) is 9.17. The van der Waals surface area contributed by atoms with Gasteiger partial charge < -0.3 is 10.2 Å². The number of likely N-dealkylation sites (N-methyl/N-ethyl adjacent to an activating group) is 1. The van der Waals surface area contributed by atoms with Crippen molar-refractivity contribution in [2.45, 2.75) is 26.4 Å². The molecule has 0 spiro atoms. The Balaban J connectivity index is 2.41. The molecule has 2 aromatic carbocycles. The lowest BCUT2D eigenvalue weighted by Crippen LogP contribution is -2.51. The Morgan fingerprint density at radius 1 is 1.18 bits per heavy atom. The number of nitrogens with one attached hydrogen (secondary N) is 1. The number of nitro groups is 1. The quantitative estimate of drug-likeness (QED) is 0.409. The Labute approximate surface area is 191 Å². The summed E-state index contributed by atoms with van der Waals surface area (Å²) in [6.45, 7) is 2.76. The molecule has 0 aliphatic rings. The smallest absolute Gasteiger partial charge is 0.271 e. The fourth-order valence-electron chi connectivity index (χ4n) is 3.07. The lowest BCUT2D eigenvalue weighted by molar-refractivity contribution is -0.384. The first-order valence-corrected chi connectivity index (χ1v) is 11.8. The molecule has 0 saturated carbocycles. The van der Waals surface area contributed by atoms with Gasteiger partial charge in [0.05, 0.1) is 16.9 Å². The number of anilines is 1. The maximum atomic E-state index is 13.3. The number of carbonyl (C=O) groups excluding carboxylic acids is 2. The number of hydrogen-bond donors (Lipinski definition) is 1.